The molecule has 1 atom stereocenters. The lowest BCUT2D eigenvalue weighted by molar-refractivity contribution is -0.0745. The maximum atomic E-state index is 6.06. The monoisotopic (exact) mass is 292 g/mol. The third kappa shape index (κ3) is 5.14. The van der Waals surface area contributed by atoms with Crippen molar-refractivity contribution in [3.8, 4) is 0 Å². The molecule has 0 aromatic heterocycles. The van der Waals surface area contributed by atoms with Gasteiger partial charge in [-0.25, -0.2) is 4.99 Å². The zero-order valence-corrected chi connectivity index (χ0v) is 14.5. The van der Waals surface area contributed by atoms with Crippen molar-refractivity contribution in [1.29, 1.82) is 0 Å². The highest BCUT2D eigenvalue weighted by Gasteiger charge is 2.22. The molecule has 3 heteroatoms. The third-order valence-electron chi connectivity index (χ3n) is 4.22. The van der Waals surface area contributed by atoms with Gasteiger partial charge < -0.3 is 9.64 Å². The molecule has 1 aliphatic carbocycles. The molecular formula is C18H32N2O. The average molecular weight is 292 g/mol. The van der Waals surface area contributed by atoms with Crippen LogP contribution in [-0.2, 0) is 4.74 Å². The first kappa shape index (κ1) is 16.5. The van der Waals surface area contributed by atoms with Gasteiger partial charge in [-0.05, 0) is 52.9 Å². The van der Waals surface area contributed by atoms with Crippen LogP contribution in [0.5, 0.6) is 0 Å². The Bertz CT molecular complexity index is 404. The van der Waals surface area contributed by atoms with Gasteiger partial charge in [-0.1, -0.05) is 25.0 Å². The minimum atomic E-state index is -0.146. The van der Waals surface area contributed by atoms with Gasteiger partial charge in [0.1, 0.15) is 0 Å². The van der Waals surface area contributed by atoms with Crippen LogP contribution in [-0.4, -0.2) is 36.2 Å². The molecule has 0 fully saturated rings. The van der Waals surface area contributed by atoms with E-state index in [0.29, 0.717) is 5.92 Å². The molecule has 0 saturated carbocycles. The van der Waals surface area contributed by atoms with Crippen LogP contribution in [0.3, 0.4) is 0 Å². The maximum absolute atomic E-state index is 6.06. The lowest BCUT2D eigenvalue weighted by Gasteiger charge is -2.33. The fourth-order valence-corrected chi connectivity index (χ4v) is 3.09. The largest absolute Gasteiger partial charge is 0.359 e. The van der Waals surface area contributed by atoms with E-state index in [-0.39, 0.29) is 11.8 Å². The van der Waals surface area contributed by atoms with E-state index in [0.717, 1.165) is 13.1 Å². The fraction of sp³-hybridized carbons (Fsp3) is 0.833. The van der Waals surface area contributed by atoms with Crippen molar-refractivity contribution in [2.24, 2.45) is 10.9 Å². The van der Waals surface area contributed by atoms with Crippen LogP contribution in [0, 0.1) is 5.92 Å². The van der Waals surface area contributed by atoms with Gasteiger partial charge in [0.25, 0.3) is 0 Å². The first-order valence-electron chi connectivity index (χ1n) is 8.50. The maximum Gasteiger partial charge on any atom is 0.152 e. The molecule has 0 aromatic rings. The number of hydrogen-bond acceptors (Lipinski definition) is 2. The van der Waals surface area contributed by atoms with Crippen molar-refractivity contribution in [1.82, 2.24) is 4.90 Å². The van der Waals surface area contributed by atoms with Gasteiger partial charge in [-0.3, -0.25) is 0 Å². The molecule has 1 heterocycles. The molecule has 2 rings (SSSR count). The third-order valence-corrected chi connectivity index (χ3v) is 4.22. The Balaban J connectivity index is 1.95. The zero-order valence-electron chi connectivity index (χ0n) is 14.5. The molecule has 3 nitrogen and oxygen atoms in total. The van der Waals surface area contributed by atoms with E-state index < -0.39 is 0 Å². The Morgan fingerprint density at radius 1 is 1.10 bits per heavy atom. The normalized spacial score (nSPS) is 22.1. The summed E-state index contributed by atoms with van der Waals surface area (Å²) < 4.78 is 6.06. The van der Waals surface area contributed by atoms with Crippen LogP contribution < -0.4 is 0 Å². The topological polar surface area (TPSA) is 24.8 Å². The second-order valence-electron chi connectivity index (χ2n) is 7.76. The molecular weight excluding hydrogens is 260 g/mol. The summed E-state index contributed by atoms with van der Waals surface area (Å²) in [5, 5.41) is 0. The molecule has 21 heavy (non-hydrogen) atoms. The van der Waals surface area contributed by atoms with Gasteiger partial charge >= 0.3 is 0 Å². The lowest BCUT2D eigenvalue weighted by atomic mass is 9.87. The van der Waals surface area contributed by atoms with E-state index in [2.05, 4.69) is 39.5 Å². The van der Waals surface area contributed by atoms with Crippen LogP contribution in [0.25, 0.3) is 0 Å². The smallest absolute Gasteiger partial charge is 0.152 e. The van der Waals surface area contributed by atoms with Crippen LogP contribution in [0.2, 0.25) is 0 Å². The molecule has 0 aromatic carbocycles. The van der Waals surface area contributed by atoms with E-state index in [4.69, 9.17) is 9.73 Å². The summed E-state index contributed by atoms with van der Waals surface area (Å²) >= 11 is 0. The first-order chi connectivity index (χ1) is 9.85. The summed E-state index contributed by atoms with van der Waals surface area (Å²) in [4.78, 5) is 7.09. The van der Waals surface area contributed by atoms with E-state index in [1.165, 1.54) is 32.1 Å². The fourth-order valence-electron chi connectivity index (χ4n) is 3.09. The van der Waals surface area contributed by atoms with Crippen molar-refractivity contribution in [3.05, 3.63) is 11.1 Å². The van der Waals surface area contributed by atoms with Gasteiger partial charge in [0, 0.05) is 19.0 Å². The van der Waals surface area contributed by atoms with Crippen LogP contribution in [0.4, 0.5) is 0 Å². The van der Waals surface area contributed by atoms with Gasteiger partial charge in [-0.15, -0.1) is 0 Å². The summed E-state index contributed by atoms with van der Waals surface area (Å²) in [5.74, 6) is 0.398. The Kier molecular flexibility index (Phi) is 5.48. The highest BCUT2D eigenvalue weighted by Crippen LogP contribution is 2.30. The summed E-state index contributed by atoms with van der Waals surface area (Å²) in [6.45, 7) is 12.8. The Morgan fingerprint density at radius 2 is 1.76 bits per heavy atom. The Hall–Kier alpha value is -0.830. The lowest BCUT2D eigenvalue weighted by Crippen LogP contribution is -2.34. The second-order valence-corrected chi connectivity index (χ2v) is 7.76. The van der Waals surface area contributed by atoms with Gasteiger partial charge in [0.2, 0.25) is 0 Å². The van der Waals surface area contributed by atoms with Crippen LogP contribution in [0.15, 0.2) is 16.1 Å². The molecule has 0 unspecified atom stereocenters. The minimum absolute atomic E-state index is 0.0493. The zero-order chi connectivity index (χ0) is 15.5. The number of rotatable bonds is 4. The minimum Gasteiger partial charge on any atom is -0.359 e. The number of ether oxygens (including phenoxy) is 1. The van der Waals surface area contributed by atoms with E-state index in [1.807, 2.05) is 6.34 Å². The predicted octanol–water partition coefficient (Wildman–Crippen LogP) is 4.39. The molecule has 0 bridgehead atoms. The molecule has 0 N–H and O–H groups in total. The van der Waals surface area contributed by atoms with E-state index >= 15 is 0 Å². The molecule has 2 aliphatic rings. The summed E-state index contributed by atoms with van der Waals surface area (Å²) in [6, 6.07) is 0. The number of aliphatic imine (C=N–C) groups is 1. The molecule has 120 valence electrons. The Morgan fingerprint density at radius 3 is 2.38 bits per heavy atom. The van der Waals surface area contributed by atoms with Crippen LogP contribution in [0.1, 0.15) is 66.7 Å². The highest BCUT2D eigenvalue weighted by molar-refractivity contribution is 5.56. The highest BCUT2D eigenvalue weighted by atomic mass is 16.5. The first-order valence-corrected chi connectivity index (χ1v) is 8.50. The standard InChI is InChI=1S/C18H32N2O/c1-14(2)17(21-18(3,4)5)19-13-20-11-10-15-8-6-7-9-16(15)12-20/h13-14,17H,6-12H2,1-5H3/t17-/m1/s1. The van der Waals surface area contributed by atoms with E-state index in [1.54, 1.807) is 11.1 Å². The van der Waals surface area contributed by atoms with Crippen molar-refractivity contribution in [2.75, 3.05) is 13.1 Å². The van der Waals surface area contributed by atoms with Gasteiger partial charge in [-0.2, -0.15) is 0 Å². The van der Waals surface area contributed by atoms with Crippen LogP contribution >= 0.6 is 0 Å². The predicted molar refractivity (Wildman–Crippen MR) is 89.6 cm³/mol. The molecule has 0 spiro atoms. The van der Waals surface area contributed by atoms with Crippen molar-refractivity contribution in [3.63, 3.8) is 0 Å². The van der Waals surface area contributed by atoms with E-state index in [9.17, 15) is 0 Å². The average Bonchev–Trinajstić information content (AvgIpc) is 2.41. The molecule has 0 amide bonds. The SMILES string of the molecule is CC(C)[C@H](N=CN1CCC2=C(CCCC2)C1)OC(C)(C)C. The molecule has 0 saturated heterocycles. The summed E-state index contributed by atoms with van der Waals surface area (Å²) in [6.07, 6.45) is 8.61. The summed E-state index contributed by atoms with van der Waals surface area (Å²) in [7, 11) is 0. The summed E-state index contributed by atoms with van der Waals surface area (Å²) in [5.41, 5.74) is 3.27. The van der Waals surface area contributed by atoms with Crippen molar-refractivity contribution in [2.45, 2.75) is 78.6 Å². The quantitative estimate of drug-likeness (QED) is 0.436. The van der Waals surface area contributed by atoms with Gasteiger partial charge in [0.15, 0.2) is 6.23 Å². The second kappa shape index (κ2) is 6.95. The van der Waals surface area contributed by atoms with Crippen molar-refractivity contribution >= 4 is 6.34 Å². The number of nitrogens with zero attached hydrogens (tertiary/aromatic N) is 2. The van der Waals surface area contributed by atoms with Crippen molar-refractivity contribution < 1.29 is 4.74 Å². The number of hydrogen-bond donors (Lipinski definition) is 0. The van der Waals surface area contributed by atoms with Gasteiger partial charge in [0.05, 0.1) is 11.9 Å². The Labute approximate surface area is 130 Å². The molecule has 0 radical (unpaired) electrons. The molecule has 1 aliphatic heterocycles.